The van der Waals surface area contributed by atoms with Gasteiger partial charge in [-0.1, -0.05) is 0 Å². The summed E-state index contributed by atoms with van der Waals surface area (Å²) in [4.78, 5) is 0. The summed E-state index contributed by atoms with van der Waals surface area (Å²) in [6.45, 7) is 0. The zero-order chi connectivity index (χ0) is 20.4. The van der Waals surface area contributed by atoms with Crippen molar-refractivity contribution in [3.8, 4) is 34.3 Å². The van der Waals surface area contributed by atoms with Gasteiger partial charge in [0.25, 0.3) is 0 Å². The molecule has 0 unspecified atom stereocenters. The Bertz CT molecular complexity index is 1020. The summed E-state index contributed by atoms with van der Waals surface area (Å²) >= 11 is 13.3. The molecule has 0 saturated carbocycles. The van der Waals surface area contributed by atoms with Crippen LogP contribution in [0.1, 0.15) is 0 Å². The van der Waals surface area contributed by atoms with Gasteiger partial charge in [-0.3, -0.25) is 0 Å². The van der Waals surface area contributed by atoms with Crippen LogP contribution >= 0.6 is 23.2 Å². The molecule has 148 valence electrons. The van der Waals surface area contributed by atoms with Crippen molar-refractivity contribution in [3.63, 3.8) is 0 Å². The Morgan fingerprint density at radius 3 is 1.41 bits per heavy atom. The third kappa shape index (κ3) is 3.47. The summed E-state index contributed by atoms with van der Waals surface area (Å²) in [5.74, 6) is 2.04. The summed E-state index contributed by atoms with van der Waals surface area (Å²) in [5, 5.41) is 23.4. The van der Waals surface area contributed by atoms with Crippen molar-refractivity contribution in [2.75, 3.05) is 14.2 Å². The van der Waals surface area contributed by atoms with E-state index in [4.69, 9.17) is 32.7 Å². The second kappa shape index (κ2) is 7.64. The number of rotatable bonds is 6. The number of alkyl halides is 2. The zero-order valence-electron chi connectivity index (χ0n) is 15.3. The molecule has 0 aliphatic rings. The van der Waals surface area contributed by atoms with Gasteiger partial charge >= 0.3 is 4.58 Å². The van der Waals surface area contributed by atoms with Gasteiger partial charge in [0.05, 0.1) is 14.2 Å². The van der Waals surface area contributed by atoms with Gasteiger partial charge in [0.1, 0.15) is 11.5 Å². The normalized spacial score (nSPS) is 11.4. The molecule has 29 heavy (non-hydrogen) atoms. The van der Waals surface area contributed by atoms with E-state index in [1.54, 1.807) is 62.8 Å². The van der Waals surface area contributed by atoms with Crippen LogP contribution < -0.4 is 9.47 Å². The molecule has 0 amide bonds. The summed E-state index contributed by atoms with van der Waals surface area (Å²) in [6.07, 6.45) is 0. The molecular weight excluding hydrogens is 419 g/mol. The fourth-order valence-corrected chi connectivity index (χ4v) is 3.12. The van der Waals surface area contributed by atoms with Gasteiger partial charge in [0.15, 0.2) is 11.6 Å². The Labute approximate surface area is 174 Å². The molecule has 10 nitrogen and oxygen atoms in total. The van der Waals surface area contributed by atoms with Gasteiger partial charge in [-0.05, 0) is 92.6 Å². The first-order valence-electron chi connectivity index (χ1n) is 8.29. The molecule has 0 N–H and O–H groups in total. The molecule has 4 rings (SSSR count). The predicted octanol–water partition coefficient (Wildman–Crippen LogP) is 2.60. The van der Waals surface area contributed by atoms with Crippen LogP contribution in [0.3, 0.4) is 0 Å². The Kier molecular flexibility index (Phi) is 5.03. The van der Waals surface area contributed by atoms with E-state index in [0.29, 0.717) is 34.3 Å². The van der Waals surface area contributed by atoms with Crippen molar-refractivity contribution in [3.05, 3.63) is 48.5 Å². The monoisotopic (exact) mass is 432 g/mol. The van der Waals surface area contributed by atoms with Crippen LogP contribution in [0.4, 0.5) is 0 Å². The SMILES string of the molecule is COc1ccc(-c2nnnn2C(Cl)(Cl)n2nnnc2-c2ccc(OC)cc2)cc1. The van der Waals surface area contributed by atoms with E-state index in [2.05, 4.69) is 31.1 Å². The molecular formula is C17H14Cl2N8O2. The minimum Gasteiger partial charge on any atom is -0.497 e. The lowest BCUT2D eigenvalue weighted by atomic mass is 10.2. The number of hydrogen-bond acceptors (Lipinski definition) is 8. The predicted molar refractivity (Wildman–Crippen MR) is 105 cm³/mol. The molecule has 0 saturated heterocycles. The lowest BCUT2D eigenvalue weighted by Crippen LogP contribution is -2.33. The second-order valence-electron chi connectivity index (χ2n) is 5.80. The smallest absolute Gasteiger partial charge is 0.315 e. The molecule has 0 fully saturated rings. The number of tetrazole rings is 2. The largest absolute Gasteiger partial charge is 0.497 e. The van der Waals surface area contributed by atoms with Gasteiger partial charge in [-0.15, -0.1) is 10.2 Å². The van der Waals surface area contributed by atoms with E-state index in [0.717, 1.165) is 0 Å². The Hall–Kier alpha value is -3.24. The summed E-state index contributed by atoms with van der Waals surface area (Å²) in [5.41, 5.74) is 1.36. The summed E-state index contributed by atoms with van der Waals surface area (Å²) < 4.78 is 11.0. The number of hydrogen-bond donors (Lipinski definition) is 0. The molecule has 0 spiro atoms. The van der Waals surface area contributed by atoms with Crippen LogP contribution in [0.15, 0.2) is 48.5 Å². The topological polar surface area (TPSA) is 106 Å². The molecule has 2 aromatic carbocycles. The van der Waals surface area contributed by atoms with Crippen LogP contribution in [-0.2, 0) is 4.58 Å². The zero-order valence-corrected chi connectivity index (χ0v) is 16.8. The number of benzene rings is 2. The highest BCUT2D eigenvalue weighted by atomic mass is 35.5. The van der Waals surface area contributed by atoms with Crippen molar-refractivity contribution < 1.29 is 9.47 Å². The van der Waals surface area contributed by atoms with Crippen LogP contribution in [0.25, 0.3) is 22.8 Å². The molecule has 0 radical (unpaired) electrons. The molecule has 12 heteroatoms. The van der Waals surface area contributed by atoms with Crippen molar-refractivity contribution in [2.45, 2.75) is 4.58 Å². The summed E-state index contributed by atoms with van der Waals surface area (Å²) in [6, 6.07) is 14.3. The standard InChI is InChI=1S/C17H14Cl2N8O2/c1-28-13-7-3-11(4-8-13)15-20-22-24-26(15)17(18,19)27-16(21-23-25-27)12-5-9-14(29-2)10-6-12/h3-10H,1-2H3. The molecule has 0 bridgehead atoms. The van der Waals surface area contributed by atoms with Crippen molar-refractivity contribution >= 4 is 23.2 Å². The van der Waals surface area contributed by atoms with E-state index in [-0.39, 0.29) is 0 Å². The molecule has 4 aromatic rings. The highest BCUT2D eigenvalue weighted by molar-refractivity contribution is 6.45. The lowest BCUT2D eigenvalue weighted by molar-refractivity contribution is 0.410. The van der Waals surface area contributed by atoms with Crippen molar-refractivity contribution in [2.24, 2.45) is 0 Å². The van der Waals surface area contributed by atoms with E-state index in [1.807, 2.05) is 0 Å². The highest BCUT2D eigenvalue weighted by Gasteiger charge is 2.38. The average molecular weight is 433 g/mol. The maximum absolute atomic E-state index is 6.65. The third-order valence-electron chi connectivity index (χ3n) is 4.15. The van der Waals surface area contributed by atoms with Crippen LogP contribution in [0, 0.1) is 0 Å². The van der Waals surface area contributed by atoms with E-state index in [1.165, 1.54) is 9.36 Å². The van der Waals surface area contributed by atoms with Crippen LogP contribution in [-0.4, -0.2) is 54.6 Å². The fourth-order valence-electron chi connectivity index (χ4n) is 2.67. The fraction of sp³-hybridized carbons (Fsp3) is 0.176. The Balaban J connectivity index is 1.75. The first-order chi connectivity index (χ1) is 14.0. The lowest BCUT2D eigenvalue weighted by Gasteiger charge is -2.21. The Morgan fingerprint density at radius 1 is 0.690 bits per heavy atom. The molecule has 0 aliphatic heterocycles. The molecule has 0 aliphatic carbocycles. The second-order valence-corrected chi connectivity index (χ2v) is 7.04. The number of halogens is 2. The summed E-state index contributed by atoms with van der Waals surface area (Å²) in [7, 11) is 3.17. The van der Waals surface area contributed by atoms with Crippen molar-refractivity contribution in [1.29, 1.82) is 0 Å². The van der Waals surface area contributed by atoms with Crippen molar-refractivity contribution in [1.82, 2.24) is 40.4 Å². The minimum atomic E-state index is -1.84. The van der Waals surface area contributed by atoms with E-state index in [9.17, 15) is 0 Å². The highest BCUT2D eigenvalue weighted by Crippen LogP contribution is 2.35. The quantitative estimate of drug-likeness (QED) is 0.428. The van der Waals surface area contributed by atoms with Crippen LogP contribution in [0.2, 0.25) is 0 Å². The maximum atomic E-state index is 6.65. The van der Waals surface area contributed by atoms with E-state index >= 15 is 0 Å². The minimum absolute atomic E-state index is 0.328. The number of aromatic nitrogens is 8. The number of ether oxygens (including phenoxy) is 2. The molecule has 2 heterocycles. The van der Waals surface area contributed by atoms with Gasteiger partial charge in [-0.25, -0.2) is 0 Å². The maximum Gasteiger partial charge on any atom is 0.315 e. The van der Waals surface area contributed by atoms with Gasteiger partial charge < -0.3 is 9.47 Å². The first-order valence-corrected chi connectivity index (χ1v) is 9.04. The molecule has 0 atom stereocenters. The van der Waals surface area contributed by atoms with Crippen LogP contribution in [0.5, 0.6) is 11.5 Å². The van der Waals surface area contributed by atoms with Gasteiger partial charge in [-0.2, -0.15) is 9.36 Å². The van der Waals surface area contributed by atoms with E-state index < -0.39 is 4.58 Å². The average Bonchev–Trinajstić information content (AvgIpc) is 3.44. The first kappa shape index (κ1) is 19.1. The number of methoxy groups -OCH3 is 2. The Morgan fingerprint density at radius 2 is 1.07 bits per heavy atom. The van der Waals surface area contributed by atoms with Gasteiger partial charge in [0, 0.05) is 11.1 Å². The number of nitrogens with zero attached hydrogens (tertiary/aromatic N) is 8. The molecule has 2 aromatic heterocycles. The third-order valence-corrected chi connectivity index (χ3v) is 4.79. The van der Waals surface area contributed by atoms with Gasteiger partial charge in [0.2, 0.25) is 0 Å².